The van der Waals surface area contributed by atoms with Crippen molar-refractivity contribution in [2.45, 2.75) is 18.9 Å². The highest BCUT2D eigenvalue weighted by Gasteiger charge is 2.35. The Morgan fingerprint density at radius 2 is 2.14 bits per heavy atom. The Morgan fingerprint density at radius 1 is 1.31 bits per heavy atom. The SMILES string of the molecule is O=C1C=CN(c2c(F)cc(N3CC(CNc4ccon4)OC3O)c(F)c2F)CC1. The number of carbonyl (C=O) groups is 1. The van der Waals surface area contributed by atoms with Gasteiger partial charge in [0.15, 0.2) is 29.1 Å². The number of aliphatic hydroxyl groups is 1. The minimum absolute atomic E-state index is 0.0146. The number of ketones is 1. The van der Waals surface area contributed by atoms with Crippen LogP contribution in [0, 0.1) is 17.5 Å². The molecule has 0 aliphatic carbocycles. The molecule has 4 rings (SSSR count). The van der Waals surface area contributed by atoms with Crippen molar-refractivity contribution in [3.63, 3.8) is 0 Å². The van der Waals surface area contributed by atoms with Crippen molar-refractivity contribution >= 4 is 23.0 Å². The predicted molar refractivity (Wildman–Crippen MR) is 95.6 cm³/mol. The van der Waals surface area contributed by atoms with Crippen LogP contribution in [0.2, 0.25) is 0 Å². The summed E-state index contributed by atoms with van der Waals surface area (Å²) < 4.78 is 54.0. The zero-order chi connectivity index (χ0) is 20.5. The molecule has 2 aliphatic heterocycles. The Bertz CT molecular complexity index is 938. The third-order valence-corrected chi connectivity index (χ3v) is 4.68. The average Bonchev–Trinajstić information content (AvgIpc) is 3.34. The van der Waals surface area contributed by atoms with Crippen LogP contribution in [0.3, 0.4) is 0 Å². The highest BCUT2D eigenvalue weighted by molar-refractivity contribution is 5.91. The first-order valence-electron chi connectivity index (χ1n) is 8.83. The lowest BCUT2D eigenvalue weighted by Gasteiger charge is -2.26. The summed E-state index contributed by atoms with van der Waals surface area (Å²) in [5.41, 5.74) is -1.05. The Kier molecular flexibility index (Phi) is 5.16. The summed E-state index contributed by atoms with van der Waals surface area (Å²) >= 11 is 0. The number of allylic oxidation sites excluding steroid dienone is 1. The Hall–Kier alpha value is -3.05. The smallest absolute Gasteiger partial charge is 0.238 e. The van der Waals surface area contributed by atoms with Crippen LogP contribution in [0.4, 0.5) is 30.4 Å². The molecule has 1 aromatic heterocycles. The van der Waals surface area contributed by atoms with E-state index in [-0.39, 0.29) is 31.8 Å². The number of carbonyl (C=O) groups excluding carboxylic acids is 1. The molecule has 0 saturated carbocycles. The second kappa shape index (κ2) is 7.76. The molecule has 2 atom stereocenters. The molecule has 8 nitrogen and oxygen atoms in total. The molecular weight excluding hydrogens is 393 g/mol. The number of nitrogens with one attached hydrogen (secondary N) is 1. The number of ether oxygens (including phenoxy) is 1. The van der Waals surface area contributed by atoms with Gasteiger partial charge < -0.3 is 29.5 Å². The molecule has 2 aliphatic rings. The molecule has 11 heteroatoms. The molecule has 1 aromatic carbocycles. The number of hydrogen-bond acceptors (Lipinski definition) is 8. The second-order valence-electron chi connectivity index (χ2n) is 6.58. The summed E-state index contributed by atoms with van der Waals surface area (Å²) in [6, 6.07) is 2.38. The maximum atomic E-state index is 14.7. The maximum absolute atomic E-state index is 14.7. The van der Waals surface area contributed by atoms with E-state index in [1.165, 1.54) is 18.5 Å². The zero-order valence-electron chi connectivity index (χ0n) is 15.0. The van der Waals surface area contributed by atoms with Gasteiger partial charge in [-0.05, 0) is 6.08 Å². The van der Waals surface area contributed by atoms with Crippen molar-refractivity contribution in [2.75, 3.05) is 34.8 Å². The monoisotopic (exact) mass is 410 g/mol. The fourth-order valence-corrected chi connectivity index (χ4v) is 3.24. The number of aliphatic hydroxyl groups excluding tert-OH is 1. The molecular formula is C18H17F3N4O4. The maximum Gasteiger partial charge on any atom is 0.238 e. The normalized spacial score (nSPS) is 21.9. The van der Waals surface area contributed by atoms with Gasteiger partial charge in [-0.1, -0.05) is 5.16 Å². The van der Waals surface area contributed by atoms with Crippen LogP contribution in [0.5, 0.6) is 0 Å². The summed E-state index contributed by atoms with van der Waals surface area (Å²) in [6.07, 6.45) is 1.66. The quantitative estimate of drug-likeness (QED) is 0.724. The van der Waals surface area contributed by atoms with Gasteiger partial charge in [0.2, 0.25) is 6.41 Å². The summed E-state index contributed by atoms with van der Waals surface area (Å²) in [7, 11) is 0. The summed E-state index contributed by atoms with van der Waals surface area (Å²) in [5.74, 6) is -3.48. The molecule has 0 amide bonds. The van der Waals surface area contributed by atoms with E-state index in [0.29, 0.717) is 5.82 Å². The first-order valence-corrected chi connectivity index (χ1v) is 8.83. The van der Waals surface area contributed by atoms with E-state index >= 15 is 0 Å². The van der Waals surface area contributed by atoms with Crippen LogP contribution < -0.4 is 15.1 Å². The van der Waals surface area contributed by atoms with Crippen LogP contribution in [-0.2, 0) is 9.53 Å². The zero-order valence-corrected chi connectivity index (χ0v) is 15.0. The van der Waals surface area contributed by atoms with Gasteiger partial charge in [0, 0.05) is 37.8 Å². The van der Waals surface area contributed by atoms with Crippen LogP contribution in [0.1, 0.15) is 6.42 Å². The van der Waals surface area contributed by atoms with Gasteiger partial charge in [-0.15, -0.1) is 0 Å². The van der Waals surface area contributed by atoms with E-state index in [1.54, 1.807) is 6.07 Å². The van der Waals surface area contributed by atoms with Crippen molar-refractivity contribution in [1.82, 2.24) is 5.16 Å². The fourth-order valence-electron chi connectivity index (χ4n) is 3.24. The number of anilines is 3. The van der Waals surface area contributed by atoms with Crippen molar-refractivity contribution in [3.8, 4) is 0 Å². The molecule has 2 N–H and O–H groups in total. The molecule has 0 spiro atoms. The first kappa shape index (κ1) is 19.3. The molecule has 2 aromatic rings. The number of nitrogens with zero attached hydrogens (tertiary/aromatic N) is 3. The molecule has 0 bridgehead atoms. The van der Waals surface area contributed by atoms with Crippen LogP contribution in [0.15, 0.2) is 35.2 Å². The molecule has 1 fully saturated rings. The van der Waals surface area contributed by atoms with Crippen LogP contribution >= 0.6 is 0 Å². The highest BCUT2D eigenvalue weighted by Crippen LogP contribution is 2.35. The fraction of sp³-hybridized carbons (Fsp3) is 0.333. The standard InChI is InChI=1S/C18H17F3N4O4/c19-12-7-13(15(20)16(21)17(12)24-4-1-10(26)2-5-24)25-9-11(29-18(25)27)8-22-14-3-6-28-23-14/h1,3-4,6-7,11,18,27H,2,5,8-9H2,(H,22,23). The van der Waals surface area contributed by atoms with Gasteiger partial charge in [-0.3, -0.25) is 4.79 Å². The highest BCUT2D eigenvalue weighted by atomic mass is 19.2. The van der Waals surface area contributed by atoms with Crippen molar-refractivity contribution in [1.29, 1.82) is 0 Å². The van der Waals surface area contributed by atoms with Crippen molar-refractivity contribution in [3.05, 3.63) is 48.1 Å². The third kappa shape index (κ3) is 3.78. The van der Waals surface area contributed by atoms with Gasteiger partial charge >= 0.3 is 0 Å². The first-order chi connectivity index (χ1) is 13.9. The van der Waals surface area contributed by atoms with Crippen LogP contribution in [0.25, 0.3) is 0 Å². The lowest BCUT2D eigenvalue weighted by molar-refractivity contribution is -0.114. The molecule has 154 valence electrons. The Morgan fingerprint density at radius 3 is 2.83 bits per heavy atom. The number of rotatable bonds is 5. The van der Waals surface area contributed by atoms with Crippen LogP contribution in [-0.4, -0.2) is 48.2 Å². The summed E-state index contributed by atoms with van der Waals surface area (Å²) in [6.45, 7) is 0.226. The lowest BCUT2D eigenvalue weighted by atomic mass is 10.1. The van der Waals surface area contributed by atoms with E-state index in [4.69, 9.17) is 4.74 Å². The Labute approximate surface area is 163 Å². The van der Waals surface area contributed by atoms with E-state index in [2.05, 4.69) is 15.0 Å². The molecule has 2 unspecified atom stereocenters. The van der Waals surface area contributed by atoms with Gasteiger partial charge in [-0.2, -0.15) is 0 Å². The predicted octanol–water partition coefficient (Wildman–Crippen LogP) is 1.98. The minimum Gasteiger partial charge on any atom is -0.365 e. The number of aromatic nitrogens is 1. The second-order valence-corrected chi connectivity index (χ2v) is 6.58. The number of benzene rings is 1. The van der Waals surface area contributed by atoms with Gasteiger partial charge in [0.25, 0.3) is 0 Å². The van der Waals surface area contributed by atoms with E-state index in [9.17, 15) is 23.1 Å². The summed E-state index contributed by atoms with van der Waals surface area (Å²) in [5, 5.41) is 16.7. The third-order valence-electron chi connectivity index (χ3n) is 4.68. The summed E-state index contributed by atoms with van der Waals surface area (Å²) in [4.78, 5) is 13.4. The van der Waals surface area contributed by atoms with Crippen molar-refractivity contribution < 1.29 is 32.3 Å². The van der Waals surface area contributed by atoms with Crippen molar-refractivity contribution in [2.24, 2.45) is 0 Å². The number of halogens is 3. The molecule has 29 heavy (non-hydrogen) atoms. The molecule has 1 saturated heterocycles. The van der Waals surface area contributed by atoms with E-state index < -0.39 is 41.3 Å². The van der Waals surface area contributed by atoms with Gasteiger partial charge in [0.1, 0.15) is 12.0 Å². The lowest BCUT2D eigenvalue weighted by Crippen LogP contribution is -2.32. The minimum atomic E-state index is -1.58. The largest absolute Gasteiger partial charge is 0.365 e. The molecule has 0 radical (unpaired) electrons. The average molecular weight is 410 g/mol. The Balaban J connectivity index is 1.54. The topological polar surface area (TPSA) is 91.1 Å². The van der Waals surface area contributed by atoms with E-state index in [1.807, 2.05) is 0 Å². The number of hydrogen-bond donors (Lipinski definition) is 2. The van der Waals surface area contributed by atoms with E-state index in [0.717, 1.165) is 15.9 Å². The van der Waals surface area contributed by atoms with Gasteiger partial charge in [-0.25, -0.2) is 13.2 Å². The van der Waals surface area contributed by atoms with Gasteiger partial charge in [0.05, 0.1) is 18.3 Å². The molecule has 3 heterocycles.